The monoisotopic (exact) mass is 473 g/mol. The maximum absolute atomic E-state index is 13.6. The van der Waals surface area contributed by atoms with Gasteiger partial charge in [-0.1, -0.05) is 18.2 Å². The first kappa shape index (κ1) is 23.1. The van der Waals surface area contributed by atoms with Crippen LogP contribution >= 0.6 is 19.9 Å². The maximum atomic E-state index is 13.6. The molecule has 3 N–H and O–H groups in total. The third kappa shape index (κ3) is 5.77. The van der Waals surface area contributed by atoms with E-state index in [-0.39, 0.29) is 18.1 Å². The van der Waals surface area contributed by atoms with Crippen LogP contribution in [0.1, 0.15) is 13.2 Å². The quantitative estimate of drug-likeness (QED) is 0.407. The number of thioether (sulfide) groups is 1. The third-order valence-electron chi connectivity index (χ3n) is 4.09. The molecule has 11 nitrogen and oxygen atoms in total. The van der Waals surface area contributed by atoms with Gasteiger partial charge >= 0.3 is 19.8 Å². The van der Waals surface area contributed by atoms with Crippen LogP contribution in [0.25, 0.3) is 0 Å². The predicted octanol–water partition coefficient (Wildman–Crippen LogP) is 2.00. The highest BCUT2D eigenvalue weighted by Gasteiger charge is 2.43. The van der Waals surface area contributed by atoms with Crippen LogP contribution in [-0.2, 0) is 18.6 Å². The first-order valence-electron chi connectivity index (χ1n) is 8.92. The molecular formula is C17H19FN4O7PS+. The molecule has 0 spiro atoms. The number of nitrogens with two attached hydrogens (primary N) is 1. The summed E-state index contributed by atoms with van der Waals surface area (Å²) in [7, 11) is -2.71. The summed E-state index contributed by atoms with van der Waals surface area (Å²) in [5, 5.41) is 9.28. The molecule has 1 aliphatic rings. The molecule has 1 aromatic heterocycles. The Kier molecular flexibility index (Phi) is 7.57. The normalized spacial score (nSPS) is 19.9. The van der Waals surface area contributed by atoms with E-state index in [0.29, 0.717) is 0 Å². The highest BCUT2D eigenvalue weighted by Crippen LogP contribution is 2.37. The summed E-state index contributed by atoms with van der Waals surface area (Å²) < 4.78 is 38.1. The maximum Gasteiger partial charge on any atom is 0.653 e. The van der Waals surface area contributed by atoms with Crippen LogP contribution in [0.4, 0.5) is 10.2 Å². The molecule has 3 rings (SSSR count). The molecule has 1 fully saturated rings. The number of aliphatic carboxylic acids is 1. The number of carboxylic acid groups (broad SMARTS) is 1. The molecule has 2 heterocycles. The molecule has 0 saturated carbocycles. The van der Waals surface area contributed by atoms with Gasteiger partial charge in [-0.05, 0) is 23.6 Å². The van der Waals surface area contributed by atoms with Crippen molar-refractivity contribution in [3.63, 3.8) is 0 Å². The number of benzene rings is 1. The van der Waals surface area contributed by atoms with Crippen molar-refractivity contribution in [3.05, 3.63) is 52.8 Å². The molecule has 1 aromatic carbocycles. The van der Waals surface area contributed by atoms with E-state index in [1.807, 2.05) is 0 Å². The Bertz CT molecular complexity index is 1010. The van der Waals surface area contributed by atoms with Crippen molar-refractivity contribution >= 4 is 31.7 Å². The minimum atomic E-state index is -2.71. The number of anilines is 1. The number of hydrogen-bond donors (Lipinski definition) is 2. The number of hydrogen-bond acceptors (Lipinski definition) is 9. The largest absolute Gasteiger partial charge is 0.653 e. The first-order valence-corrected chi connectivity index (χ1v) is 11.1. The highest BCUT2D eigenvalue weighted by atomic mass is 32.2. The average molecular weight is 473 g/mol. The summed E-state index contributed by atoms with van der Waals surface area (Å²) >= 11 is 1.24. The summed E-state index contributed by atoms with van der Waals surface area (Å²) in [4.78, 5) is 32.8. The number of ether oxygens (including phenoxy) is 1. The Hall–Kier alpha value is -2.57. The fourth-order valence-electron chi connectivity index (χ4n) is 2.46. The third-order valence-corrected chi connectivity index (χ3v) is 6.31. The van der Waals surface area contributed by atoms with Crippen molar-refractivity contribution in [2.75, 3.05) is 18.1 Å². The number of aromatic nitrogens is 2. The minimum Gasteiger partial charge on any atom is -0.480 e. The van der Waals surface area contributed by atoms with Crippen LogP contribution in [0.3, 0.4) is 0 Å². The van der Waals surface area contributed by atoms with Gasteiger partial charge in [0, 0.05) is 5.75 Å². The van der Waals surface area contributed by atoms with E-state index in [1.165, 1.54) is 18.7 Å². The van der Waals surface area contributed by atoms with Gasteiger partial charge in [0.15, 0.2) is 23.4 Å². The average Bonchev–Trinajstić information content (AvgIpc) is 3.21. The number of hydroxylamine groups is 1. The summed E-state index contributed by atoms with van der Waals surface area (Å²) in [5.41, 5.74) is 3.86. The van der Waals surface area contributed by atoms with Crippen LogP contribution in [0.15, 0.2) is 41.3 Å². The number of halogens is 1. The number of para-hydroxylation sites is 1. The van der Waals surface area contributed by atoms with Crippen LogP contribution in [0.2, 0.25) is 0 Å². The van der Waals surface area contributed by atoms with E-state index >= 15 is 0 Å². The minimum absolute atomic E-state index is 0.197. The van der Waals surface area contributed by atoms with E-state index in [0.717, 1.165) is 15.6 Å². The topological polar surface area (TPSA) is 146 Å². The Morgan fingerprint density at radius 1 is 1.52 bits per heavy atom. The van der Waals surface area contributed by atoms with Crippen molar-refractivity contribution in [3.8, 4) is 5.75 Å². The standard InChI is InChI=1S/C17H18FN4O7PS/c1-10(16(23)24)22(29-11-5-3-2-4-6-11)30(26)27-8-14-28-13(9-31-14)21-7-12(18)15(19)20-17(21)25/h2-7,10,13-14H,8-9H2,1H3,(H2-,19,20,23,24,25)/p+1/t10?,13-,14+/m0/s1. The first-order chi connectivity index (χ1) is 14.8. The van der Waals surface area contributed by atoms with Crippen LogP contribution < -0.4 is 16.3 Å². The molecule has 0 amide bonds. The second-order valence-corrected chi connectivity index (χ2v) is 8.59. The SMILES string of the molecule is CC(C(=O)O)N(Oc1ccccc1)[P+](=O)OC[C@@H]1O[C@H](n2cc(F)c(N)nc2=O)CS1. The highest BCUT2D eigenvalue weighted by molar-refractivity contribution is 8.00. The van der Waals surface area contributed by atoms with Gasteiger partial charge in [0.25, 0.3) is 0 Å². The number of nitrogens with zero attached hydrogens (tertiary/aromatic N) is 3. The summed E-state index contributed by atoms with van der Waals surface area (Å²) in [6, 6.07) is 6.97. The van der Waals surface area contributed by atoms with Gasteiger partial charge in [-0.15, -0.1) is 16.3 Å². The lowest BCUT2D eigenvalue weighted by Gasteiger charge is -2.15. The zero-order chi connectivity index (χ0) is 22.5. The lowest BCUT2D eigenvalue weighted by Crippen LogP contribution is -2.37. The summed E-state index contributed by atoms with van der Waals surface area (Å²) in [6.45, 7) is 1.10. The molecule has 31 heavy (non-hydrogen) atoms. The van der Waals surface area contributed by atoms with Crippen molar-refractivity contribution < 1.29 is 33.0 Å². The zero-order valence-electron chi connectivity index (χ0n) is 16.2. The van der Waals surface area contributed by atoms with Gasteiger partial charge in [-0.2, -0.15) is 4.98 Å². The van der Waals surface area contributed by atoms with Crippen molar-refractivity contribution in [1.29, 1.82) is 0 Å². The number of carboxylic acids is 1. The number of rotatable bonds is 9. The molecule has 2 unspecified atom stereocenters. The van der Waals surface area contributed by atoms with E-state index in [9.17, 15) is 23.7 Å². The lowest BCUT2D eigenvalue weighted by atomic mass is 10.3. The molecule has 14 heteroatoms. The van der Waals surface area contributed by atoms with Gasteiger partial charge < -0.3 is 20.4 Å². The molecule has 0 aliphatic carbocycles. The van der Waals surface area contributed by atoms with Crippen LogP contribution in [-0.4, -0.2) is 49.3 Å². The summed E-state index contributed by atoms with van der Waals surface area (Å²) in [5.74, 6) is -2.05. The van der Waals surface area contributed by atoms with Crippen molar-refractivity contribution in [2.24, 2.45) is 0 Å². The molecule has 1 saturated heterocycles. The predicted molar refractivity (Wildman–Crippen MR) is 109 cm³/mol. The van der Waals surface area contributed by atoms with E-state index in [2.05, 4.69) is 4.98 Å². The van der Waals surface area contributed by atoms with Gasteiger partial charge in [0.2, 0.25) is 0 Å². The van der Waals surface area contributed by atoms with Gasteiger partial charge in [0.1, 0.15) is 23.1 Å². The van der Waals surface area contributed by atoms with E-state index < -0.39 is 49.2 Å². The summed E-state index contributed by atoms with van der Waals surface area (Å²) in [6.07, 6.45) is 0.0880. The van der Waals surface area contributed by atoms with Crippen molar-refractivity contribution in [1.82, 2.24) is 14.4 Å². The lowest BCUT2D eigenvalue weighted by molar-refractivity contribution is -0.148. The van der Waals surface area contributed by atoms with Gasteiger partial charge in [0.05, 0.1) is 6.20 Å². The van der Waals surface area contributed by atoms with Crippen molar-refractivity contribution in [2.45, 2.75) is 24.6 Å². The molecule has 2 aromatic rings. The smallest absolute Gasteiger partial charge is 0.480 e. The Morgan fingerprint density at radius 3 is 2.90 bits per heavy atom. The molecule has 1 aliphatic heterocycles. The van der Waals surface area contributed by atoms with E-state index in [4.69, 9.17) is 19.8 Å². The second kappa shape index (κ2) is 10.2. The number of nitrogen functional groups attached to an aromatic ring is 1. The zero-order valence-corrected chi connectivity index (χ0v) is 17.9. The Balaban J connectivity index is 1.61. The molecule has 0 radical (unpaired) electrons. The van der Waals surface area contributed by atoms with Crippen LogP contribution in [0.5, 0.6) is 5.75 Å². The molecule has 166 valence electrons. The Labute approximate surface area is 180 Å². The fourth-order valence-corrected chi connectivity index (χ4v) is 4.47. The van der Waals surface area contributed by atoms with Gasteiger partial charge in [-0.3, -0.25) is 9.36 Å². The van der Waals surface area contributed by atoms with Crippen LogP contribution in [0, 0.1) is 5.82 Å². The van der Waals surface area contributed by atoms with Gasteiger partial charge in [-0.25, -0.2) is 9.18 Å². The fraction of sp³-hybridized carbons (Fsp3) is 0.353. The van der Waals surface area contributed by atoms with E-state index in [1.54, 1.807) is 30.3 Å². The molecular weight excluding hydrogens is 454 g/mol. The molecule has 0 bridgehead atoms. The Morgan fingerprint density at radius 2 is 2.23 bits per heavy atom. The number of carbonyl (C=O) groups is 1. The second-order valence-electron chi connectivity index (χ2n) is 6.27. The molecule has 4 atom stereocenters.